The SMILES string of the molecule is [SiH3]C(=S)Oc1ccccn1. The van der Waals surface area contributed by atoms with E-state index in [9.17, 15) is 0 Å². The van der Waals surface area contributed by atoms with E-state index in [1.54, 1.807) is 12.3 Å². The third-order valence-electron chi connectivity index (χ3n) is 0.886. The smallest absolute Gasteiger partial charge is 0.219 e. The number of thiocarbonyl (C=S) groups is 1. The topological polar surface area (TPSA) is 22.1 Å². The zero-order valence-corrected chi connectivity index (χ0v) is 8.39. The van der Waals surface area contributed by atoms with Crippen molar-refractivity contribution in [2.24, 2.45) is 0 Å². The molecular weight excluding hydrogens is 162 g/mol. The first kappa shape index (κ1) is 7.36. The van der Waals surface area contributed by atoms with E-state index >= 15 is 0 Å². The van der Waals surface area contributed by atoms with Gasteiger partial charge in [0.2, 0.25) is 5.88 Å². The van der Waals surface area contributed by atoms with Gasteiger partial charge in [-0.2, -0.15) is 0 Å². The van der Waals surface area contributed by atoms with Crippen LogP contribution in [-0.4, -0.2) is 19.9 Å². The second-order valence-corrected chi connectivity index (χ2v) is 3.97. The fourth-order valence-electron chi connectivity index (χ4n) is 0.555. The molecule has 0 aromatic carbocycles. The average molecular weight is 169 g/mol. The molecule has 1 aromatic heterocycles. The molecule has 0 aliphatic carbocycles. The number of nitrogens with zero attached hydrogens (tertiary/aromatic N) is 1. The Balaban J connectivity index is 2.67. The monoisotopic (exact) mass is 169 g/mol. The van der Waals surface area contributed by atoms with Crippen molar-refractivity contribution < 1.29 is 4.74 Å². The molecule has 0 radical (unpaired) electrons. The number of aromatic nitrogens is 1. The van der Waals surface area contributed by atoms with E-state index in [-0.39, 0.29) is 0 Å². The first-order chi connectivity index (χ1) is 4.79. The van der Waals surface area contributed by atoms with Gasteiger partial charge in [-0.25, -0.2) is 4.98 Å². The van der Waals surface area contributed by atoms with Crippen molar-refractivity contribution in [3.8, 4) is 5.88 Å². The summed E-state index contributed by atoms with van der Waals surface area (Å²) < 4.78 is 5.72. The standard InChI is InChI=1S/C6H7NOSSi/c9-6(10)8-5-3-1-2-4-7-5/h1-4H,10H3. The van der Waals surface area contributed by atoms with Crippen LogP contribution in [0.15, 0.2) is 24.4 Å². The van der Waals surface area contributed by atoms with Gasteiger partial charge in [0, 0.05) is 12.3 Å². The van der Waals surface area contributed by atoms with Gasteiger partial charge in [-0.15, -0.1) is 0 Å². The first-order valence-electron chi connectivity index (χ1n) is 2.88. The van der Waals surface area contributed by atoms with E-state index in [0.29, 0.717) is 10.6 Å². The zero-order chi connectivity index (χ0) is 7.40. The lowest BCUT2D eigenvalue weighted by molar-refractivity contribution is 0.552. The van der Waals surface area contributed by atoms with Crippen molar-refractivity contribution in [3.63, 3.8) is 0 Å². The Morgan fingerprint density at radius 3 is 2.90 bits per heavy atom. The minimum Gasteiger partial charge on any atom is -0.439 e. The van der Waals surface area contributed by atoms with E-state index in [1.807, 2.05) is 12.1 Å². The molecule has 4 heteroatoms. The third-order valence-corrected chi connectivity index (χ3v) is 1.17. The fraction of sp³-hybridized carbons (Fsp3) is 0. The molecule has 0 bridgehead atoms. The predicted octanol–water partition coefficient (Wildman–Crippen LogP) is 0.111. The molecular formula is C6H7NOSSi. The zero-order valence-electron chi connectivity index (χ0n) is 5.57. The van der Waals surface area contributed by atoms with Crippen LogP contribution in [0, 0.1) is 0 Å². The van der Waals surface area contributed by atoms with Gasteiger partial charge in [0.1, 0.15) is 4.67 Å². The van der Waals surface area contributed by atoms with Crippen molar-refractivity contribution >= 4 is 27.1 Å². The van der Waals surface area contributed by atoms with E-state index in [1.165, 1.54) is 0 Å². The maximum atomic E-state index is 5.10. The number of hydrogen-bond acceptors (Lipinski definition) is 3. The summed E-state index contributed by atoms with van der Waals surface area (Å²) in [4.78, 5) is 3.93. The van der Waals surface area contributed by atoms with E-state index in [0.717, 1.165) is 10.2 Å². The van der Waals surface area contributed by atoms with Gasteiger partial charge < -0.3 is 4.74 Å². The summed E-state index contributed by atoms with van der Waals surface area (Å²) in [6.07, 6.45) is 1.68. The van der Waals surface area contributed by atoms with Gasteiger partial charge >= 0.3 is 0 Å². The van der Waals surface area contributed by atoms with Crippen LogP contribution >= 0.6 is 12.2 Å². The second-order valence-electron chi connectivity index (χ2n) is 1.76. The number of rotatable bonds is 1. The van der Waals surface area contributed by atoms with Crippen LogP contribution in [0.2, 0.25) is 0 Å². The normalized spacial score (nSPS) is 9.20. The second kappa shape index (κ2) is 3.43. The molecule has 0 saturated heterocycles. The summed E-state index contributed by atoms with van der Waals surface area (Å²) in [5, 5.41) is 0. The average Bonchev–Trinajstić information content (AvgIpc) is 1.88. The highest BCUT2D eigenvalue weighted by atomic mass is 32.1. The molecule has 0 amide bonds. The molecule has 0 atom stereocenters. The van der Waals surface area contributed by atoms with Gasteiger partial charge in [-0.3, -0.25) is 0 Å². The summed E-state index contributed by atoms with van der Waals surface area (Å²) in [6.45, 7) is 0. The Kier molecular flexibility index (Phi) is 2.53. The lowest BCUT2D eigenvalue weighted by Crippen LogP contribution is -2.04. The summed E-state index contributed by atoms with van der Waals surface area (Å²) in [5.74, 6) is 0.586. The molecule has 0 fully saturated rings. The Hall–Kier alpha value is -0.743. The van der Waals surface area contributed by atoms with E-state index in [2.05, 4.69) is 4.98 Å². The number of hydrogen-bond donors (Lipinski definition) is 0. The summed E-state index contributed by atoms with van der Waals surface area (Å²) in [6, 6.07) is 5.48. The Morgan fingerprint density at radius 1 is 1.60 bits per heavy atom. The predicted molar refractivity (Wildman–Crippen MR) is 47.4 cm³/mol. The Labute approximate surface area is 67.7 Å². The van der Waals surface area contributed by atoms with Crippen LogP contribution in [0.4, 0.5) is 0 Å². The quantitative estimate of drug-likeness (QED) is 0.440. The molecule has 0 aliphatic rings. The maximum absolute atomic E-state index is 5.10. The largest absolute Gasteiger partial charge is 0.439 e. The highest BCUT2D eigenvalue weighted by Crippen LogP contribution is 2.02. The van der Waals surface area contributed by atoms with Crippen molar-refractivity contribution in [2.75, 3.05) is 0 Å². The van der Waals surface area contributed by atoms with Crippen molar-refractivity contribution in [2.45, 2.75) is 0 Å². The minimum atomic E-state index is 0.586. The molecule has 52 valence electrons. The molecule has 0 spiro atoms. The summed E-state index contributed by atoms with van der Waals surface area (Å²) in [5.41, 5.74) is 0. The van der Waals surface area contributed by atoms with Crippen LogP contribution in [0.1, 0.15) is 0 Å². The van der Waals surface area contributed by atoms with Gasteiger partial charge in [-0.1, -0.05) is 18.3 Å². The highest BCUT2D eigenvalue weighted by Gasteiger charge is 1.91. The van der Waals surface area contributed by atoms with Crippen molar-refractivity contribution in [3.05, 3.63) is 24.4 Å². The Bertz CT molecular complexity index is 226. The molecule has 10 heavy (non-hydrogen) atoms. The van der Waals surface area contributed by atoms with Gasteiger partial charge in [0.15, 0.2) is 0 Å². The van der Waals surface area contributed by atoms with Crippen LogP contribution in [-0.2, 0) is 0 Å². The Morgan fingerprint density at radius 2 is 2.40 bits per heavy atom. The van der Waals surface area contributed by atoms with Gasteiger partial charge in [0.25, 0.3) is 0 Å². The first-order valence-corrected chi connectivity index (χ1v) is 4.29. The number of ether oxygens (including phenoxy) is 1. The molecule has 1 rings (SSSR count). The van der Waals surface area contributed by atoms with Crippen LogP contribution < -0.4 is 4.74 Å². The van der Waals surface area contributed by atoms with Crippen LogP contribution in [0.3, 0.4) is 0 Å². The molecule has 0 unspecified atom stereocenters. The summed E-state index contributed by atoms with van der Waals surface area (Å²) in [7, 11) is 0.773. The minimum absolute atomic E-state index is 0.586. The van der Waals surface area contributed by atoms with Gasteiger partial charge in [0.05, 0.1) is 10.2 Å². The van der Waals surface area contributed by atoms with Crippen LogP contribution in [0.5, 0.6) is 5.88 Å². The molecule has 0 aliphatic heterocycles. The summed E-state index contributed by atoms with van der Waals surface area (Å²) >= 11 is 4.78. The molecule has 2 nitrogen and oxygen atoms in total. The van der Waals surface area contributed by atoms with E-state index < -0.39 is 0 Å². The van der Waals surface area contributed by atoms with Crippen molar-refractivity contribution in [1.29, 1.82) is 0 Å². The van der Waals surface area contributed by atoms with Crippen LogP contribution in [0.25, 0.3) is 0 Å². The molecule has 0 saturated carbocycles. The number of pyridine rings is 1. The fourth-order valence-corrected chi connectivity index (χ4v) is 0.849. The van der Waals surface area contributed by atoms with Crippen molar-refractivity contribution in [1.82, 2.24) is 4.98 Å². The molecule has 0 N–H and O–H groups in total. The highest BCUT2D eigenvalue weighted by molar-refractivity contribution is 7.82. The van der Waals surface area contributed by atoms with E-state index in [4.69, 9.17) is 17.0 Å². The molecule has 1 aromatic rings. The third kappa shape index (κ3) is 2.24. The lowest BCUT2D eigenvalue weighted by atomic mass is 10.5. The van der Waals surface area contributed by atoms with Gasteiger partial charge in [-0.05, 0) is 6.07 Å². The lowest BCUT2D eigenvalue weighted by Gasteiger charge is -1.98. The molecule has 1 heterocycles. The maximum Gasteiger partial charge on any atom is 0.219 e.